The van der Waals surface area contributed by atoms with Gasteiger partial charge in [-0.05, 0) is 33.6 Å². The van der Waals surface area contributed by atoms with Crippen molar-refractivity contribution in [3.63, 3.8) is 0 Å². The third-order valence-corrected chi connectivity index (χ3v) is 2.88. The number of carbonyl (C=O) groups is 2. The summed E-state index contributed by atoms with van der Waals surface area (Å²) in [6.07, 6.45) is 1.61. The van der Waals surface area contributed by atoms with Crippen LogP contribution in [-0.4, -0.2) is 42.0 Å². The number of hydrogen-bond acceptors (Lipinski definition) is 4. The van der Waals surface area contributed by atoms with E-state index in [1.54, 1.807) is 25.7 Å². The molecule has 2 N–H and O–H groups in total. The smallest absolute Gasteiger partial charge is 0.310 e. The summed E-state index contributed by atoms with van der Waals surface area (Å²) in [6.45, 7) is 6.64. The molecule has 1 aliphatic heterocycles. The lowest BCUT2D eigenvalue weighted by Crippen LogP contribution is -2.54. The van der Waals surface area contributed by atoms with E-state index in [-0.39, 0.29) is 30.2 Å². The second-order valence-corrected chi connectivity index (χ2v) is 5.06. The Morgan fingerprint density at radius 2 is 2.06 bits per heavy atom. The van der Waals surface area contributed by atoms with Crippen molar-refractivity contribution in [3.8, 4) is 0 Å². The number of carbonyl (C=O) groups excluding carboxylic acids is 2. The lowest BCUT2D eigenvalue weighted by molar-refractivity contribution is -0.152. The number of nitrogens with two attached hydrogens (primary N) is 1. The second-order valence-electron chi connectivity index (χ2n) is 5.06. The van der Waals surface area contributed by atoms with Gasteiger partial charge in [-0.2, -0.15) is 0 Å². The molecule has 0 saturated carbocycles. The third kappa shape index (κ3) is 4.46. The molecule has 1 fully saturated rings. The van der Waals surface area contributed by atoms with Crippen LogP contribution in [0.25, 0.3) is 0 Å². The summed E-state index contributed by atoms with van der Waals surface area (Å²) in [5.41, 5.74) is 4.90. The van der Waals surface area contributed by atoms with Crippen molar-refractivity contribution in [2.75, 3.05) is 19.7 Å². The molecule has 0 aromatic carbocycles. The molecule has 1 aliphatic rings. The van der Waals surface area contributed by atoms with Crippen LogP contribution in [0.15, 0.2) is 0 Å². The van der Waals surface area contributed by atoms with Crippen LogP contribution in [-0.2, 0) is 14.3 Å². The number of piperidine rings is 1. The number of rotatable bonds is 3. The number of ether oxygens (including phenoxy) is 1. The normalized spacial score (nSPS) is 20.0. The molecule has 0 spiro atoms. The van der Waals surface area contributed by atoms with Crippen LogP contribution >= 0.6 is 12.4 Å². The zero-order chi connectivity index (χ0) is 13.1. The fourth-order valence-corrected chi connectivity index (χ4v) is 2.02. The highest BCUT2D eigenvalue weighted by Crippen LogP contribution is 2.20. The molecule has 1 atom stereocenters. The highest BCUT2D eigenvalue weighted by molar-refractivity contribution is 5.86. The maximum Gasteiger partial charge on any atom is 0.310 e. The summed E-state index contributed by atoms with van der Waals surface area (Å²) in [4.78, 5) is 25.3. The molecule has 1 saturated heterocycles. The van der Waals surface area contributed by atoms with Crippen LogP contribution in [0.3, 0.4) is 0 Å². The predicted octanol–water partition coefficient (Wildman–Crippen LogP) is 0.947. The summed E-state index contributed by atoms with van der Waals surface area (Å²) in [5.74, 6) is -0.513. The summed E-state index contributed by atoms with van der Waals surface area (Å²) >= 11 is 0. The van der Waals surface area contributed by atoms with Gasteiger partial charge in [0.25, 0.3) is 0 Å². The quantitative estimate of drug-likeness (QED) is 0.780. The summed E-state index contributed by atoms with van der Waals surface area (Å²) < 4.78 is 4.99. The Labute approximate surface area is 114 Å². The minimum absolute atomic E-state index is 0. The molecule has 6 heteroatoms. The fraction of sp³-hybridized carbons (Fsp3) is 0.833. The molecular formula is C12H23ClN2O3. The van der Waals surface area contributed by atoms with Gasteiger partial charge in [0, 0.05) is 13.1 Å². The maximum absolute atomic E-state index is 12.0. The maximum atomic E-state index is 12.0. The van der Waals surface area contributed by atoms with E-state index in [0.717, 1.165) is 12.8 Å². The Balaban J connectivity index is 0.00000289. The molecule has 1 rings (SSSR count). The van der Waals surface area contributed by atoms with E-state index in [2.05, 4.69) is 0 Å². The van der Waals surface area contributed by atoms with Gasteiger partial charge in [0.05, 0.1) is 18.1 Å². The fourth-order valence-electron chi connectivity index (χ4n) is 2.02. The molecule has 1 unspecified atom stereocenters. The van der Waals surface area contributed by atoms with Gasteiger partial charge in [0.15, 0.2) is 0 Å². The third-order valence-electron chi connectivity index (χ3n) is 2.88. The first-order valence-electron chi connectivity index (χ1n) is 6.11. The molecule has 0 aromatic rings. The van der Waals surface area contributed by atoms with Crippen molar-refractivity contribution in [1.29, 1.82) is 0 Å². The highest BCUT2D eigenvalue weighted by atomic mass is 35.5. The van der Waals surface area contributed by atoms with E-state index in [1.165, 1.54) is 0 Å². The van der Waals surface area contributed by atoms with Gasteiger partial charge >= 0.3 is 5.97 Å². The topological polar surface area (TPSA) is 72.6 Å². The zero-order valence-electron chi connectivity index (χ0n) is 11.3. The Morgan fingerprint density at radius 3 is 2.56 bits per heavy atom. The van der Waals surface area contributed by atoms with Crippen molar-refractivity contribution < 1.29 is 14.3 Å². The second kappa shape index (κ2) is 6.95. The van der Waals surface area contributed by atoms with Gasteiger partial charge in [-0.3, -0.25) is 9.59 Å². The summed E-state index contributed by atoms with van der Waals surface area (Å²) in [5, 5.41) is 0. The molecular weight excluding hydrogens is 256 g/mol. The Kier molecular flexibility index (Phi) is 6.63. The van der Waals surface area contributed by atoms with Crippen molar-refractivity contribution in [2.24, 2.45) is 11.7 Å². The lowest BCUT2D eigenvalue weighted by atomic mass is 9.95. The van der Waals surface area contributed by atoms with Gasteiger partial charge in [-0.1, -0.05) is 0 Å². The standard InChI is InChI=1S/C12H22N2O3.ClH/c1-4-17-10(15)9-6-5-7-14(8-9)11(16)12(2,3)13;/h9H,4-8,13H2,1-3H3;1H. The van der Waals surface area contributed by atoms with Gasteiger partial charge in [0.1, 0.15) is 0 Å². The predicted molar refractivity (Wildman–Crippen MR) is 71.5 cm³/mol. The van der Waals surface area contributed by atoms with E-state index in [4.69, 9.17) is 10.5 Å². The van der Waals surface area contributed by atoms with E-state index >= 15 is 0 Å². The van der Waals surface area contributed by atoms with Gasteiger partial charge in [0.2, 0.25) is 5.91 Å². The number of halogens is 1. The van der Waals surface area contributed by atoms with Gasteiger partial charge in [-0.15, -0.1) is 12.4 Å². The number of amides is 1. The first-order valence-corrected chi connectivity index (χ1v) is 6.11. The van der Waals surface area contributed by atoms with Crippen LogP contribution in [0.5, 0.6) is 0 Å². The van der Waals surface area contributed by atoms with Crippen LogP contribution in [0.1, 0.15) is 33.6 Å². The van der Waals surface area contributed by atoms with Crippen molar-refractivity contribution in [2.45, 2.75) is 39.2 Å². The molecule has 5 nitrogen and oxygen atoms in total. The number of hydrogen-bond donors (Lipinski definition) is 1. The van der Waals surface area contributed by atoms with Crippen LogP contribution in [0.4, 0.5) is 0 Å². The average molecular weight is 279 g/mol. The zero-order valence-corrected chi connectivity index (χ0v) is 12.1. The first kappa shape index (κ1) is 17.2. The minimum Gasteiger partial charge on any atom is -0.466 e. The van der Waals surface area contributed by atoms with Crippen LogP contribution in [0, 0.1) is 5.92 Å². The molecule has 0 radical (unpaired) electrons. The van der Waals surface area contributed by atoms with E-state index < -0.39 is 5.54 Å². The Bertz CT molecular complexity index is 302. The summed E-state index contributed by atoms with van der Waals surface area (Å²) in [6, 6.07) is 0. The Morgan fingerprint density at radius 1 is 1.44 bits per heavy atom. The Hall–Kier alpha value is -0.810. The molecule has 18 heavy (non-hydrogen) atoms. The van der Waals surface area contributed by atoms with Crippen LogP contribution in [0.2, 0.25) is 0 Å². The van der Waals surface area contributed by atoms with E-state index in [0.29, 0.717) is 19.7 Å². The van der Waals surface area contributed by atoms with Crippen molar-refractivity contribution >= 4 is 24.3 Å². The highest BCUT2D eigenvalue weighted by Gasteiger charge is 2.34. The molecule has 0 bridgehead atoms. The molecule has 0 aromatic heterocycles. The monoisotopic (exact) mass is 278 g/mol. The molecule has 0 aliphatic carbocycles. The number of nitrogens with zero attached hydrogens (tertiary/aromatic N) is 1. The first-order chi connectivity index (χ1) is 7.86. The largest absolute Gasteiger partial charge is 0.466 e. The van der Waals surface area contributed by atoms with Gasteiger partial charge < -0.3 is 15.4 Å². The molecule has 106 valence electrons. The number of likely N-dealkylation sites (tertiary alicyclic amines) is 1. The molecule has 1 amide bonds. The van der Waals surface area contributed by atoms with Gasteiger partial charge in [-0.25, -0.2) is 0 Å². The van der Waals surface area contributed by atoms with E-state index in [1.807, 2.05) is 0 Å². The van der Waals surface area contributed by atoms with Crippen LogP contribution < -0.4 is 5.73 Å². The SMILES string of the molecule is CCOC(=O)C1CCCN(C(=O)C(C)(C)N)C1.Cl. The minimum atomic E-state index is -0.878. The van der Waals surface area contributed by atoms with E-state index in [9.17, 15) is 9.59 Å². The number of esters is 1. The average Bonchev–Trinajstić information content (AvgIpc) is 2.27. The molecule has 1 heterocycles. The van der Waals surface area contributed by atoms with Crippen molar-refractivity contribution in [3.05, 3.63) is 0 Å². The lowest BCUT2D eigenvalue weighted by Gasteiger charge is -2.35. The summed E-state index contributed by atoms with van der Waals surface area (Å²) in [7, 11) is 0. The van der Waals surface area contributed by atoms with Crippen molar-refractivity contribution in [1.82, 2.24) is 4.90 Å².